The van der Waals surface area contributed by atoms with Crippen LogP contribution in [0.1, 0.15) is 0 Å². The highest BCUT2D eigenvalue weighted by Gasteiger charge is 2.10. The summed E-state index contributed by atoms with van der Waals surface area (Å²) in [7, 11) is 0. The van der Waals surface area contributed by atoms with Crippen LogP contribution in [0.5, 0.6) is 5.75 Å². The van der Waals surface area contributed by atoms with E-state index in [0.29, 0.717) is 5.75 Å². The molecule has 0 aliphatic heterocycles. The lowest BCUT2D eigenvalue weighted by Crippen LogP contribution is -1.84. The van der Waals surface area contributed by atoms with E-state index >= 15 is 0 Å². The van der Waals surface area contributed by atoms with Gasteiger partial charge < -0.3 is 5.11 Å². The van der Waals surface area contributed by atoms with Gasteiger partial charge in [0.05, 0.1) is 0 Å². The molecule has 0 radical (unpaired) electrons. The summed E-state index contributed by atoms with van der Waals surface area (Å²) in [5.74, 6) is 0.351. The van der Waals surface area contributed by atoms with Gasteiger partial charge in [-0.15, -0.1) is 0 Å². The van der Waals surface area contributed by atoms with E-state index in [9.17, 15) is 5.11 Å². The predicted octanol–water partition coefficient (Wildman–Crippen LogP) is 5.37. The number of aromatic hydroxyl groups is 1. The summed E-state index contributed by atoms with van der Waals surface area (Å²) in [6, 6.07) is 26.4. The van der Waals surface area contributed by atoms with Crippen molar-refractivity contribution in [2.24, 2.45) is 0 Å². The van der Waals surface area contributed by atoms with Crippen molar-refractivity contribution >= 4 is 21.5 Å². The highest BCUT2D eigenvalue weighted by molar-refractivity contribution is 6.02. The highest BCUT2D eigenvalue weighted by Crippen LogP contribution is 2.38. The highest BCUT2D eigenvalue weighted by atomic mass is 16.3. The molecule has 0 unspecified atom stereocenters. The lowest BCUT2D eigenvalue weighted by Gasteiger charge is -2.11. The van der Waals surface area contributed by atoms with Gasteiger partial charge in [0.15, 0.2) is 0 Å². The van der Waals surface area contributed by atoms with Crippen LogP contribution in [-0.4, -0.2) is 5.11 Å². The number of phenolic OH excluding ortho intramolecular Hbond substituents is 1. The third-order valence-electron chi connectivity index (χ3n) is 3.98. The number of phenols is 1. The Morgan fingerprint density at radius 1 is 0.476 bits per heavy atom. The smallest absolute Gasteiger partial charge is 0.131 e. The van der Waals surface area contributed by atoms with Gasteiger partial charge in [0.1, 0.15) is 5.75 Å². The molecule has 0 amide bonds. The van der Waals surface area contributed by atoms with Crippen molar-refractivity contribution in [3.63, 3.8) is 0 Å². The van der Waals surface area contributed by atoms with Crippen molar-refractivity contribution in [1.29, 1.82) is 0 Å². The van der Waals surface area contributed by atoms with Gasteiger partial charge in [-0.3, -0.25) is 0 Å². The molecule has 0 saturated heterocycles. The molecular formula is C20H14O. The minimum absolute atomic E-state index is 0.351. The first-order valence-corrected chi connectivity index (χ1v) is 7.03. The molecule has 0 atom stereocenters. The maximum Gasteiger partial charge on any atom is 0.131 e. The van der Waals surface area contributed by atoms with Gasteiger partial charge in [0, 0.05) is 10.9 Å². The molecule has 0 bridgehead atoms. The summed E-state index contributed by atoms with van der Waals surface area (Å²) >= 11 is 0. The van der Waals surface area contributed by atoms with Crippen molar-refractivity contribution in [3.05, 3.63) is 78.9 Å². The molecule has 4 rings (SSSR count). The zero-order valence-electron chi connectivity index (χ0n) is 11.5. The average molecular weight is 270 g/mol. The van der Waals surface area contributed by atoms with Gasteiger partial charge >= 0.3 is 0 Å². The summed E-state index contributed by atoms with van der Waals surface area (Å²) in [5.41, 5.74) is 1.95. The Balaban J connectivity index is 2.07. The average Bonchev–Trinajstić information content (AvgIpc) is 2.55. The fourth-order valence-electron chi connectivity index (χ4n) is 2.93. The fraction of sp³-hybridized carbons (Fsp3) is 0. The van der Waals surface area contributed by atoms with E-state index in [4.69, 9.17) is 0 Å². The van der Waals surface area contributed by atoms with Crippen LogP contribution in [0.3, 0.4) is 0 Å². The maximum atomic E-state index is 10.7. The second-order valence-corrected chi connectivity index (χ2v) is 5.21. The van der Waals surface area contributed by atoms with Gasteiger partial charge in [-0.05, 0) is 27.8 Å². The third-order valence-corrected chi connectivity index (χ3v) is 3.98. The second-order valence-electron chi connectivity index (χ2n) is 5.21. The lowest BCUT2D eigenvalue weighted by molar-refractivity contribution is 0.483. The van der Waals surface area contributed by atoms with E-state index in [1.54, 1.807) is 0 Å². The van der Waals surface area contributed by atoms with E-state index in [0.717, 1.165) is 27.3 Å². The Hall–Kier alpha value is -2.80. The second kappa shape index (κ2) is 4.64. The topological polar surface area (TPSA) is 20.2 Å². The van der Waals surface area contributed by atoms with Crippen LogP contribution in [0.2, 0.25) is 0 Å². The Morgan fingerprint density at radius 3 is 1.90 bits per heavy atom. The predicted molar refractivity (Wildman–Crippen MR) is 88.6 cm³/mol. The molecule has 1 heteroatoms. The van der Waals surface area contributed by atoms with Gasteiger partial charge in [0.25, 0.3) is 0 Å². The van der Waals surface area contributed by atoms with E-state index < -0.39 is 0 Å². The molecule has 0 saturated carbocycles. The first kappa shape index (κ1) is 12.0. The molecule has 4 aromatic rings. The molecular weight excluding hydrogens is 256 g/mol. The number of rotatable bonds is 1. The monoisotopic (exact) mass is 270 g/mol. The summed E-state index contributed by atoms with van der Waals surface area (Å²) < 4.78 is 0. The van der Waals surface area contributed by atoms with Crippen molar-refractivity contribution in [2.75, 3.05) is 0 Å². The van der Waals surface area contributed by atoms with Gasteiger partial charge in [0.2, 0.25) is 0 Å². The number of benzene rings is 4. The van der Waals surface area contributed by atoms with Crippen LogP contribution in [0.4, 0.5) is 0 Å². The number of hydrogen-bond acceptors (Lipinski definition) is 1. The van der Waals surface area contributed by atoms with Crippen LogP contribution >= 0.6 is 0 Å². The largest absolute Gasteiger partial charge is 0.507 e. The van der Waals surface area contributed by atoms with Crippen LogP contribution in [0.25, 0.3) is 32.7 Å². The SMILES string of the molecule is Oc1c(-c2cccc3ccccc23)ccc2ccccc12. The zero-order valence-corrected chi connectivity index (χ0v) is 11.5. The first-order chi connectivity index (χ1) is 10.3. The van der Waals surface area contributed by atoms with E-state index in [1.807, 2.05) is 48.5 Å². The van der Waals surface area contributed by atoms with E-state index in [-0.39, 0.29) is 0 Å². The van der Waals surface area contributed by atoms with Gasteiger partial charge in [-0.25, -0.2) is 0 Å². The quantitative estimate of drug-likeness (QED) is 0.493. The molecule has 0 aliphatic carbocycles. The molecule has 1 nitrogen and oxygen atoms in total. The van der Waals surface area contributed by atoms with Crippen LogP contribution in [0.15, 0.2) is 78.9 Å². The Morgan fingerprint density at radius 2 is 1.10 bits per heavy atom. The van der Waals surface area contributed by atoms with Crippen LogP contribution in [0, 0.1) is 0 Å². The molecule has 4 aromatic carbocycles. The van der Waals surface area contributed by atoms with Crippen LogP contribution in [-0.2, 0) is 0 Å². The summed E-state index contributed by atoms with van der Waals surface area (Å²) in [6.45, 7) is 0. The normalized spacial score (nSPS) is 11.0. The first-order valence-electron chi connectivity index (χ1n) is 7.03. The van der Waals surface area contributed by atoms with Crippen molar-refractivity contribution in [3.8, 4) is 16.9 Å². The standard InChI is InChI=1S/C20H14O/c21-20-17-10-4-2-7-15(17)12-13-19(20)18-11-5-8-14-6-1-3-9-16(14)18/h1-13,21H. The third kappa shape index (κ3) is 1.86. The molecule has 0 fully saturated rings. The van der Waals surface area contributed by atoms with Crippen molar-refractivity contribution < 1.29 is 5.11 Å². The molecule has 1 N–H and O–H groups in total. The molecule has 0 aromatic heterocycles. The number of fused-ring (bicyclic) bond motifs is 2. The van der Waals surface area contributed by atoms with Crippen molar-refractivity contribution in [2.45, 2.75) is 0 Å². The molecule has 100 valence electrons. The van der Waals surface area contributed by atoms with Crippen LogP contribution < -0.4 is 0 Å². The maximum absolute atomic E-state index is 10.7. The molecule has 0 spiro atoms. The Labute approximate surface area is 123 Å². The molecule has 0 aliphatic rings. The van der Waals surface area contributed by atoms with Gasteiger partial charge in [-0.2, -0.15) is 0 Å². The minimum atomic E-state index is 0.351. The Kier molecular flexibility index (Phi) is 2.65. The Bertz CT molecular complexity index is 949. The summed E-state index contributed by atoms with van der Waals surface area (Å²) in [4.78, 5) is 0. The fourth-order valence-corrected chi connectivity index (χ4v) is 2.93. The minimum Gasteiger partial charge on any atom is -0.507 e. The van der Waals surface area contributed by atoms with Gasteiger partial charge in [-0.1, -0.05) is 72.8 Å². The van der Waals surface area contributed by atoms with E-state index in [1.165, 1.54) is 5.39 Å². The number of hydrogen-bond donors (Lipinski definition) is 1. The summed E-state index contributed by atoms with van der Waals surface area (Å²) in [5, 5.41) is 14.9. The zero-order chi connectivity index (χ0) is 14.2. The van der Waals surface area contributed by atoms with Crippen molar-refractivity contribution in [1.82, 2.24) is 0 Å². The lowest BCUT2D eigenvalue weighted by atomic mass is 9.95. The summed E-state index contributed by atoms with van der Waals surface area (Å²) in [6.07, 6.45) is 0. The molecule has 0 heterocycles. The van der Waals surface area contributed by atoms with E-state index in [2.05, 4.69) is 30.3 Å². The molecule has 21 heavy (non-hydrogen) atoms.